The molecule has 0 amide bonds. The van der Waals surface area contributed by atoms with Gasteiger partial charge in [0.25, 0.3) is 0 Å². The largest absolute Gasteiger partial charge is 0.344 e. The van der Waals surface area contributed by atoms with Gasteiger partial charge in [0.05, 0.1) is 13.2 Å². The van der Waals surface area contributed by atoms with E-state index in [0.717, 1.165) is 0 Å². The zero-order valence-corrected chi connectivity index (χ0v) is 12.0. The van der Waals surface area contributed by atoms with Crippen molar-refractivity contribution in [2.45, 2.75) is 63.4 Å². The lowest BCUT2D eigenvalue weighted by Crippen LogP contribution is -2.59. The van der Waals surface area contributed by atoms with Gasteiger partial charge in [-0.3, -0.25) is 0 Å². The molecule has 3 saturated heterocycles. The molecule has 3 rings (SSSR count). The molecule has 0 aliphatic carbocycles. The quantitative estimate of drug-likeness (QED) is 0.437. The lowest BCUT2D eigenvalue weighted by Gasteiger charge is -2.39. The molecular formula is C12H19N3O5. The number of nitrogens with zero attached hydrogens (tertiary/aromatic N) is 3. The van der Waals surface area contributed by atoms with Gasteiger partial charge in [0, 0.05) is 4.91 Å². The second-order valence-corrected chi connectivity index (χ2v) is 6.19. The smallest absolute Gasteiger partial charge is 0.206 e. The second-order valence-electron chi connectivity index (χ2n) is 6.19. The van der Waals surface area contributed by atoms with Crippen LogP contribution in [0.1, 0.15) is 27.7 Å². The van der Waals surface area contributed by atoms with Crippen LogP contribution in [0.2, 0.25) is 0 Å². The summed E-state index contributed by atoms with van der Waals surface area (Å²) in [5, 5.41) is 3.60. The number of hydrogen-bond donors (Lipinski definition) is 0. The Balaban J connectivity index is 1.91. The Labute approximate surface area is 116 Å². The maximum atomic E-state index is 8.56. The van der Waals surface area contributed by atoms with Crippen molar-refractivity contribution in [3.63, 3.8) is 0 Å². The highest BCUT2D eigenvalue weighted by molar-refractivity contribution is 5.04. The summed E-state index contributed by atoms with van der Waals surface area (Å²) in [7, 11) is 0. The molecule has 0 aromatic carbocycles. The van der Waals surface area contributed by atoms with E-state index in [0.29, 0.717) is 6.61 Å². The summed E-state index contributed by atoms with van der Waals surface area (Å²) in [6, 6.07) is 0. The standard InChI is InChI=1S/C12H19N3O5/c1-10(2)17-7-5-16-12(6-14-15-13)9(8(7)18-10)19-11(3,4)20-12/h7-9H,5-6H2,1-4H3/t7-,8+,9-,12-/m1/s1. The third kappa shape index (κ3) is 2.18. The molecule has 8 nitrogen and oxygen atoms in total. The van der Waals surface area contributed by atoms with Gasteiger partial charge in [0.2, 0.25) is 5.79 Å². The summed E-state index contributed by atoms with van der Waals surface area (Å²) in [5.41, 5.74) is 8.56. The van der Waals surface area contributed by atoms with Crippen LogP contribution < -0.4 is 0 Å². The Morgan fingerprint density at radius 2 is 1.90 bits per heavy atom. The van der Waals surface area contributed by atoms with E-state index in [4.69, 9.17) is 29.2 Å². The van der Waals surface area contributed by atoms with Crippen molar-refractivity contribution in [2.75, 3.05) is 13.2 Å². The Morgan fingerprint density at radius 1 is 1.15 bits per heavy atom. The fourth-order valence-corrected chi connectivity index (χ4v) is 3.09. The fraction of sp³-hybridized carbons (Fsp3) is 1.00. The first-order chi connectivity index (χ1) is 9.27. The van der Waals surface area contributed by atoms with Crippen molar-refractivity contribution in [1.82, 2.24) is 0 Å². The Bertz CT molecular complexity index is 462. The molecule has 0 bridgehead atoms. The maximum Gasteiger partial charge on any atom is 0.206 e. The highest BCUT2D eigenvalue weighted by Crippen LogP contribution is 2.47. The molecule has 20 heavy (non-hydrogen) atoms. The minimum atomic E-state index is -1.11. The summed E-state index contributed by atoms with van der Waals surface area (Å²) in [6.07, 6.45) is -1.02. The topological polar surface area (TPSA) is 94.9 Å². The van der Waals surface area contributed by atoms with Crippen molar-refractivity contribution >= 4 is 0 Å². The number of hydrogen-bond acceptors (Lipinski definition) is 6. The molecular weight excluding hydrogens is 266 g/mol. The van der Waals surface area contributed by atoms with E-state index >= 15 is 0 Å². The van der Waals surface area contributed by atoms with Crippen LogP contribution in [0, 0.1) is 0 Å². The molecule has 8 heteroatoms. The summed E-state index contributed by atoms with van der Waals surface area (Å²) in [5.74, 6) is -2.63. The van der Waals surface area contributed by atoms with Crippen molar-refractivity contribution < 1.29 is 23.7 Å². The first kappa shape index (κ1) is 14.1. The molecule has 0 aromatic rings. The van der Waals surface area contributed by atoms with Crippen molar-refractivity contribution in [3.05, 3.63) is 10.4 Å². The summed E-state index contributed by atoms with van der Waals surface area (Å²) < 4.78 is 29.3. The van der Waals surface area contributed by atoms with E-state index in [1.165, 1.54) is 0 Å². The molecule has 3 aliphatic heterocycles. The van der Waals surface area contributed by atoms with Crippen LogP contribution in [0.15, 0.2) is 5.11 Å². The van der Waals surface area contributed by atoms with Crippen LogP contribution in [0.3, 0.4) is 0 Å². The molecule has 0 unspecified atom stereocenters. The van der Waals surface area contributed by atoms with Crippen LogP contribution in [0.4, 0.5) is 0 Å². The first-order valence-corrected chi connectivity index (χ1v) is 6.65. The van der Waals surface area contributed by atoms with Gasteiger partial charge in [-0.2, -0.15) is 0 Å². The average Bonchev–Trinajstić information content (AvgIpc) is 2.78. The molecule has 0 spiro atoms. The fourth-order valence-electron chi connectivity index (χ4n) is 3.09. The lowest BCUT2D eigenvalue weighted by molar-refractivity contribution is -0.274. The summed E-state index contributed by atoms with van der Waals surface area (Å²) in [6.45, 7) is 7.63. The number of azide groups is 1. The second kappa shape index (κ2) is 4.30. The molecule has 0 aromatic heterocycles. The van der Waals surface area contributed by atoms with Gasteiger partial charge in [0.15, 0.2) is 11.6 Å². The van der Waals surface area contributed by atoms with Gasteiger partial charge in [-0.05, 0) is 33.2 Å². The Morgan fingerprint density at radius 3 is 2.60 bits per heavy atom. The third-order valence-electron chi connectivity index (χ3n) is 3.63. The van der Waals surface area contributed by atoms with E-state index in [1.54, 1.807) is 13.8 Å². The molecule has 3 heterocycles. The van der Waals surface area contributed by atoms with Crippen molar-refractivity contribution in [2.24, 2.45) is 5.11 Å². The van der Waals surface area contributed by atoms with E-state index in [-0.39, 0.29) is 18.8 Å². The highest BCUT2D eigenvalue weighted by atomic mass is 16.9. The number of fused-ring (bicyclic) bond motifs is 3. The van der Waals surface area contributed by atoms with Gasteiger partial charge in [0.1, 0.15) is 18.3 Å². The van der Waals surface area contributed by atoms with Gasteiger partial charge < -0.3 is 23.7 Å². The van der Waals surface area contributed by atoms with E-state index < -0.39 is 23.5 Å². The third-order valence-corrected chi connectivity index (χ3v) is 3.63. The van der Waals surface area contributed by atoms with Gasteiger partial charge >= 0.3 is 0 Å². The van der Waals surface area contributed by atoms with Crippen molar-refractivity contribution in [1.29, 1.82) is 0 Å². The molecule has 3 aliphatic rings. The molecule has 0 N–H and O–H groups in total. The number of rotatable bonds is 2. The minimum absolute atomic E-state index is 0.0323. The Hall–Kier alpha value is -0.890. The molecule has 0 saturated carbocycles. The van der Waals surface area contributed by atoms with E-state index in [9.17, 15) is 0 Å². The molecule has 112 valence electrons. The zero-order chi connectivity index (χ0) is 14.6. The number of ether oxygens (including phenoxy) is 5. The van der Waals surface area contributed by atoms with Crippen LogP contribution in [-0.4, -0.2) is 48.8 Å². The van der Waals surface area contributed by atoms with Crippen LogP contribution in [0.25, 0.3) is 10.4 Å². The van der Waals surface area contributed by atoms with Gasteiger partial charge in [-0.15, -0.1) is 0 Å². The molecule has 3 fully saturated rings. The van der Waals surface area contributed by atoms with Crippen LogP contribution in [-0.2, 0) is 23.7 Å². The molecule has 4 atom stereocenters. The van der Waals surface area contributed by atoms with E-state index in [2.05, 4.69) is 10.0 Å². The van der Waals surface area contributed by atoms with Crippen LogP contribution >= 0.6 is 0 Å². The van der Waals surface area contributed by atoms with Crippen molar-refractivity contribution in [3.8, 4) is 0 Å². The molecule has 0 radical (unpaired) electrons. The SMILES string of the molecule is CC1(C)O[C@@H]2[C@H]3OC(C)(C)O[C@@]3(CN=[N+]=[N-])OC[C@H]2O1. The summed E-state index contributed by atoms with van der Waals surface area (Å²) in [4.78, 5) is 2.78. The van der Waals surface area contributed by atoms with Gasteiger partial charge in [-0.25, -0.2) is 0 Å². The Kier molecular flexibility index (Phi) is 3.02. The highest BCUT2D eigenvalue weighted by Gasteiger charge is 2.64. The van der Waals surface area contributed by atoms with E-state index in [1.807, 2.05) is 13.8 Å². The average molecular weight is 285 g/mol. The maximum absolute atomic E-state index is 8.56. The minimum Gasteiger partial charge on any atom is -0.344 e. The monoisotopic (exact) mass is 285 g/mol. The summed E-state index contributed by atoms with van der Waals surface area (Å²) >= 11 is 0. The predicted octanol–water partition coefficient (Wildman–Crippen LogP) is 1.69. The zero-order valence-electron chi connectivity index (χ0n) is 12.0. The predicted molar refractivity (Wildman–Crippen MR) is 66.6 cm³/mol. The normalized spacial score (nSPS) is 44.5. The lowest BCUT2D eigenvalue weighted by atomic mass is 9.97. The van der Waals surface area contributed by atoms with Crippen LogP contribution in [0.5, 0.6) is 0 Å². The van der Waals surface area contributed by atoms with Gasteiger partial charge in [-0.1, -0.05) is 5.11 Å². The first-order valence-electron chi connectivity index (χ1n) is 6.65.